The van der Waals surface area contributed by atoms with Gasteiger partial charge in [-0.05, 0) is 49.6 Å². The van der Waals surface area contributed by atoms with Crippen LogP contribution in [0.4, 0.5) is 5.69 Å². The molecule has 0 N–H and O–H groups in total. The number of aryl methyl sites for hydroxylation is 3. The summed E-state index contributed by atoms with van der Waals surface area (Å²) in [4.78, 5) is 7.22. The minimum absolute atomic E-state index is 0.823. The van der Waals surface area contributed by atoms with Crippen molar-refractivity contribution < 1.29 is 4.74 Å². The maximum Gasteiger partial charge on any atom is 0.0709 e. The van der Waals surface area contributed by atoms with Gasteiger partial charge >= 0.3 is 0 Å². The summed E-state index contributed by atoms with van der Waals surface area (Å²) >= 11 is 0. The van der Waals surface area contributed by atoms with Crippen molar-refractivity contribution >= 4 is 16.6 Å². The number of rotatable bonds is 2. The van der Waals surface area contributed by atoms with Crippen LogP contribution >= 0.6 is 0 Å². The fraction of sp³-hybridized carbons (Fsp3) is 0.471. The molecule has 0 spiro atoms. The second-order valence-corrected chi connectivity index (χ2v) is 5.54. The van der Waals surface area contributed by atoms with Crippen LogP contribution in [0, 0.1) is 13.8 Å². The van der Waals surface area contributed by atoms with Gasteiger partial charge in [-0.2, -0.15) is 0 Å². The Kier molecular flexibility index (Phi) is 3.62. The maximum atomic E-state index is 5.44. The van der Waals surface area contributed by atoms with Gasteiger partial charge in [0.15, 0.2) is 0 Å². The fourth-order valence-corrected chi connectivity index (χ4v) is 2.96. The number of hydrogen-bond donors (Lipinski definition) is 0. The van der Waals surface area contributed by atoms with Gasteiger partial charge in [0.2, 0.25) is 0 Å². The molecule has 0 saturated carbocycles. The molecule has 3 heteroatoms. The second kappa shape index (κ2) is 5.41. The van der Waals surface area contributed by atoms with E-state index in [-0.39, 0.29) is 0 Å². The zero-order valence-corrected chi connectivity index (χ0v) is 12.6. The van der Waals surface area contributed by atoms with Gasteiger partial charge < -0.3 is 9.64 Å². The van der Waals surface area contributed by atoms with Crippen molar-refractivity contribution in [2.24, 2.45) is 0 Å². The maximum absolute atomic E-state index is 5.44. The van der Waals surface area contributed by atoms with Crippen molar-refractivity contribution in [3.8, 4) is 0 Å². The Hall–Kier alpha value is -1.61. The molecule has 1 fully saturated rings. The average molecular weight is 270 g/mol. The number of ether oxygens (including phenoxy) is 1. The number of morpholine rings is 1. The van der Waals surface area contributed by atoms with E-state index in [1.54, 1.807) is 0 Å². The van der Waals surface area contributed by atoms with E-state index in [4.69, 9.17) is 9.72 Å². The Morgan fingerprint density at radius 1 is 1.10 bits per heavy atom. The third kappa shape index (κ3) is 2.38. The topological polar surface area (TPSA) is 25.4 Å². The van der Waals surface area contributed by atoms with Crippen molar-refractivity contribution in [3.05, 3.63) is 35.0 Å². The number of anilines is 1. The van der Waals surface area contributed by atoms with Crippen molar-refractivity contribution in [3.63, 3.8) is 0 Å². The molecule has 2 heterocycles. The molecule has 1 aliphatic rings. The molecule has 3 nitrogen and oxygen atoms in total. The summed E-state index contributed by atoms with van der Waals surface area (Å²) < 4.78 is 5.44. The number of pyridine rings is 1. The van der Waals surface area contributed by atoms with E-state index in [9.17, 15) is 0 Å². The molecule has 1 aliphatic heterocycles. The first-order valence-corrected chi connectivity index (χ1v) is 7.42. The van der Waals surface area contributed by atoms with Crippen molar-refractivity contribution in [1.29, 1.82) is 0 Å². The summed E-state index contributed by atoms with van der Waals surface area (Å²) in [6, 6.07) is 6.78. The first-order chi connectivity index (χ1) is 9.69. The van der Waals surface area contributed by atoms with Gasteiger partial charge in [0, 0.05) is 29.9 Å². The molecule has 0 amide bonds. The SMILES string of the molecule is CCc1nc2cc(C)c(N3CCOCC3)cc2cc1C. The molecule has 0 bridgehead atoms. The Bertz CT molecular complexity index is 630. The Morgan fingerprint density at radius 2 is 1.85 bits per heavy atom. The van der Waals surface area contributed by atoms with E-state index in [1.807, 2.05) is 0 Å². The number of nitrogens with zero attached hydrogens (tertiary/aromatic N) is 2. The van der Waals surface area contributed by atoms with Crippen LogP contribution in [0.25, 0.3) is 10.9 Å². The van der Waals surface area contributed by atoms with Crippen LogP contribution in [0.2, 0.25) is 0 Å². The molecular weight excluding hydrogens is 248 g/mol. The van der Waals surface area contributed by atoms with E-state index >= 15 is 0 Å². The quantitative estimate of drug-likeness (QED) is 0.837. The molecule has 0 aliphatic carbocycles. The standard InChI is InChI=1S/C17H22N2O/c1-4-15-12(2)9-14-11-17(13(3)10-16(14)18-15)19-5-7-20-8-6-19/h9-11H,4-8H2,1-3H3. The molecule has 2 aromatic rings. The van der Waals surface area contributed by atoms with Gasteiger partial charge in [0.1, 0.15) is 0 Å². The number of fused-ring (bicyclic) bond motifs is 1. The molecule has 1 saturated heterocycles. The molecule has 0 radical (unpaired) electrons. The van der Waals surface area contributed by atoms with Gasteiger partial charge in [-0.15, -0.1) is 0 Å². The highest BCUT2D eigenvalue weighted by Gasteiger charge is 2.14. The predicted octanol–water partition coefficient (Wildman–Crippen LogP) is 3.25. The average Bonchev–Trinajstić information content (AvgIpc) is 2.47. The lowest BCUT2D eigenvalue weighted by molar-refractivity contribution is 0.122. The molecule has 1 aromatic carbocycles. The summed E-state index contributed by atoms with van der Waals surface area (Å²) in [5, 5.41) is 1.24. The van der Waals surface area contributed by atoms with Crippen LogP contribution in [0.1, 0.15) is 23.7 Å². The monoisotopic (exact) mass is 270 g/mol. The van der Waals surface area contributed by atoms with Crippen molar-refractivity contribution in [2.75, 3.05) is 31.2 Å². The van der Waals surface area contributed by atoms with E-state index in [0.29, 0.717) is 0 Å². The molecule has 0 unspecified atom stereocenters. The van der Waals surface area contributed by atoms with Crippen LogP contribution in [-0.2, 0) is 11.2 Å². The molecule has 1 aromatic heterocycles. The Balaban J connectivity index is 2.08. The van der Waals surface area contributed by atoms with Crippen LogP contribution in [0.15, 0.2) is 18.2 Å². The second-order valence-electron chi connectivity index (χ2n) is 5.54. The smallest absolute Gasteiger partial charge is 0.0709 e. The molecule has 3 rings (SSSR count). The fourth-order valence-electron chi connectivity index (χ4n) is 2.96. The van der Waals surface area contributed by atoms with E-state index in [0.717, 1.165) is 38.2 Å². The van der Waals surface area contributed by atoms with Gasteiger partial charge in [-0.25, -0.2) is 0 Å². The minimum atomic E-state index is 0.823. The predicted molar refractivity (Wildman–Crippen MR) is 83.6 cm³/mol. The van der Waals surface area contributed by atoms with Crippen molar-refractivity contribution in [1.82, 2.24) is 4.98 Å². The van der Waals surface area contributed by atoms with E-state index < -0.39 is 0 Å². The molecule has 20 heavy (non-hydrogen) atoms. The number of hydrogen-bond acceptors (Lipinski definition) is 3. The lowest BCUT2D eigenvalue weighted by atomic mass is 10.0. The number of aromatic nitrogens is 1. The van der Waals surface area contributed by atoms with Crippen LogP contribution < -0.4 is 4.90 Å². The lowest BCUT2D eigenvalue weighted by Crippen LogP contribution is -2.36. The Labute approximate surface area is 120 Å². The van der Waals surface area contributed by atoms with Gasteiger partial charge in [0.05, 0.1) is 18.7 Å². The summed E-state index contributed by atoms with van der Waals surface area (Å²) in [5.41, 5.74) is 6.24. The zero-order valence-electron chi connectivity index (χ0n) is 12.6. The third-order valence-corrected chi connectivity index (χ3v) is 4.11. The highest BCUT2D eigenvalue weighted by atomic mass is 16.5. The highest BCUT2D eigenvalue weighted by Crippen LogP contribution is 2.27. The first-order valence-electron chi connectivity index (χ1n) is 7.42. The number of benzene rings is 1. The van der Waals surface area contributed by atoms with Gasteiger partial charge in [-0.1, -0.05) is 6.92 Å². The summed E-state index contributed by atoms with van der Waals surface area (Å²) in [6.07, 6.45) is 0.992. The largest absolute Gasteiger partial charge is 0.378 e. The van der Waals surface area contributed by atoms with Crippen LogP contribution in [0.5, 0.6) is 0 Å². The lowest BCUT2D eigenvalue weighted by Gasteiger charge is -2.30. The zero-order chi connectivity index (χ0) is 14.1. The third-order valence-electron chi connectivity index (χ3n) is 4.11. The van der Waals surface area contributed by atoms with Crippen molar-refractivity contribution in [2.45, 2.75) is 27.2 Å². The van der Waals surface area contributed by atoms with Gasteiger partial charge in [-0.3, -0.25) is 4.98 Å². The van der Waals surface area contributed by atoms with Crippen LogP contribution in [0.3, 0.4) is 0 Å². The first kappa shape index (κ1) is 13.4. The summed E-state index contributed by atoms with van der Waals surface area (Å²) in [5.74, 6) is 0. The Morgan fingerprint density at radius 3 is 2.55 bits per heavy atom. The van der Waals surface area contributed by atoms with Gasteiger partial charge in [0.25, 0.3) is 0 Å². The summed E-state index contributed by atoms with van der Waals surface area (Å²) in [6.45, 7) is 10.1. The summed E-state index contributed by atoms with van der Waals surface area (Å²) in [7, 11) is 0. The van der Waals surface area contributed by atoms with E-state index in [1.165, 1.54) is 27.9 Å². The molecule has 106 valence electrons. The normalized spacial score (nSPS) is 15.8. The van der Waals surface area contributed by atoms with Crippen LogP contribution in [-0.4, -0.2) is 31.3 Å². The molecule has 0 atom stereocenters. The minimum Gasteiger partial charge on any atom is -0.378 e. The highest BCUT2D eigenvalue weighted by molar-refractivity contribution is 5.85. The van der Waals surface area contributed by atoms with E-state index in [2.05, 4.69) is 43.9 Å². The molecular formula is C17H22N2O.